The quantitative estimate of drug-likeness (QED) is 0.569. The maximum Gasteiger partial charge on any atom is 0.163 e. The van der Waals surface area contributed by atoms with Crippen molar-refractivity contribution >= 4 is 5.78 Å². The molecule has 13 heavy (non-hydrogen) atoms. The average molecular weight is 178 g/mol. The molecular weight excluding hydrogens is 164 g/mol. The summed E-state index contributed by atoms with van der Waals surface area (Å²) >= 11 is 0. The molecule has 70 valence electrons. The molecule has 0 saturated carbocycles. The van der Waals surface area contributed by atoms with E-state index in [1.165, 1.54) is 0 Å². The Balaban J connectivity index is 2.49. The Hall–Kier alpha value is -1.05. The van der Waals surface area contributed by atoms with Crippen LogP contribution in [0.25, 0.3) is 0 Å². The van der Waals surface area contributed by atoms with E-state index in [2.05, 4.69) is 6.58 Å². The van der Waals surface area contributed by atoms with Crippen molar-refractivity contribution in [1.29, 1.82) is 0 Å². The standard InChI is InChI=1S/C11H14O2/c1-7-11(2,3)10-8(12)5-4-6-9(10)13-7/h1,4-6H2,2-3H3. The highest BCUT2D eigenvalue weighted by atomic mass is 16.5. The Morgan fingerprint density at radius 1 is 1.38 bits per heavy atom. The van der Waals surface area contributed by atoms with Gasteiger partial charge >= 0.3 is 0 Å². The first-order valence-electron chi connectivity index (χ1n) is 4.67. The van der Waals surface area contributed by atoms with E-state index in [0.717, 1.165) is 24.2 Å². The van der Waals surface area contributed by atoms with Gasteiger partial charge in [-0.15, -0.1) is 0 Å². The predicted octanol–water partition coefficient (Wildman–Crippen LogP) is 2.56. The number of rotatable bonds is 0. The van der Waals surface area contributed by atoms with Gasteiger partial charge in [-0.05, 0) is 20.3 Å². The van der Waals surface area contributed by atoms with Gasteiger partial charge in [0.2, 0.25) is 0 Å². The fourth-order valence-corrected chi connectivity index (χ4v) is 2.03. The molecule has 2 nitrogen and oxygen atoms in total. The van der Waals surface area contributed by atoms with Crippen molar-refractivity contribution in [3.63, 3.8) is 0 Å². The van der Waals surface area contributed by atoms with E-state index in [1.807, 2.05) is 13.8 Å². The molecule has 0 saturated heterocycles. The Labute approximate surface area is 78.3 Å². The zero-order valence-corrected chi connectivity index (χ0v) is 8.14. The van der Waals surface area contributed by atoms with Crippen molar-refractivity contribution in [2.24, 2.45) is 5.41 Å². The van der Waals surface area contributed by atoms with E-state index in [-0.39, 0.29) is 11.2 Å². The topological polar surface area (TPSA) is 26.3 Å². The molecule has 0 atom stereocenters. The van der Waals surface area contributed by atoms with E-state index < -0.39 is 0 Å². The summed E-state index contributed by atoms with van der Waals surface area (Å²) in [6.45, 7) is 7.85. The number of allylic oxidation sites excluding steroid dienone is 2. The fourth-order valence-electron chi connectivity index (χ4n) is 2.03. The number of hydrogen-bond acceptors (Lipinski definition) is 2. The Morgan fingerprint density at radius 3 is 2.69 bits per heavy atom. The first-order chi connectivity index (χ1) is 6.03. The third kappa shape index (κ3) is 1.05. The molecule has 0 aromatic carbocycles. The minimum atomic E-state index is -0.271. The van der Waals surface area contributed by atoms with Gasteiger partial charge in [0, 0.05) is 18.4 Å². The molecule has 0 unspecified atom stereocenters. The molecule has 0 aromatic heterocycles. The second kappa shape index (κ2) is 2.47. The lowest BCUT2D eigenvalue weighted by molar-refractivity contribution is -0.116. The summed E-state index contributed by atoms with van der Waals surface area (Å²) in [4.78, 5) is 11.7. The minimum absolute atomic E-state index is 0.241. The molecular formula is C11H14O2. The summed E-state index contributed by atoms with van der Waals surface area (Å²) in [5.41, 5.74) is 0.594. The van der Waals surface area contributed by atoms with E-state index in [9.17, 15) is 4.79 Å². The van der Waals surface area contributed by atoms with Crippen LogP contribution < -0.4 is 0 Å². The molecule has 2 heteroatoms. The number of hydrogen-bond donors (Lipinski definition) is 0. The molecule has 1 aliphatic heterocycles. The van der Waals surface area contributed by atoms with E-state index in [4.69, 9.17) is 4.74 Å². The highest BCUT2D eigenvalue weighted by Crippen LogP contribution is 2.47. The molecule has 0 spiro atoms. The van der Waals surface area contributed by atoms with Crippen molar-refractivity contribution in [3.05, 3.63) is 23.7 Å². The van der Waals surface area contributed by atoms with Gasteiger partial charge < -0.3 is 4.74 Å². The lowest BCUT2D eigenvalue weighted by Crippen LogP contribution is -2.21. The SMILES string of the molecule is C=C1OC2=C(C(=O)CCC2)C1(C)C. The summed E-state index contributed by atoms with van der Waals surface area (Å²) in [6, 6.07) is 0. The average Bonchev–Trinajstić information content (AvgIpc) is 2.24. The molecule has 0 fully saturated rings. The number of ether oxygens (including phenoxy) is 1. The molecule has 1 aliphatic carbocycles. The van der Waals surface area contributed by atoms with E-state index in [0.29, 0.717) is 12.2 Å². The third-order valence-corrected chi connectivity index (χ3v) is 2.93. The van der Waals surface area contributed by atoms with Gasteiger partial charge in [-0.25, -0.2) is 0 Å². The van der Waals surface area contributed by atoms with Crippen molar-refractivity contribution in [2.45, 2.75) is 33.1 Å². The Bertz CT molecular complexity index is 321. The summed E-state index contributed by atoms with van der Waals surface area (Å²) in [6.07, 6.45) is 2.48. The second-order valence-corrected chi connectivity index (χ2v) is 4.23. The maximum absolute atomic E-state index is 11.7. The van der Waals surface area contributed by atoms with Crippen molar-refractivity contribution in [1.82, 2.24) is 0 Å². The van der Waals surface area contributed by atoms with Gasteiger partial charge in [0.05, 0.1) is 5.41 Å². The third-order valence-electron chi connectivity index (χ3n) is 2.93. The Morgan fingerprint density at radius 2 is 2.08 bits per heavy atom. The van der Waals surface area contributed by atoms with Crippen LogP contribution in [0.15, 0.2) is 23.7 Å². The lowest BCUT2D eigenvalue weighted by Gasteiger charge is -2.20. The largest absolute Gasteiger partial charge is 0.465 e. The van der Waals surface area contributed by atoms with Crippen molar-refractivity contribution < 1.29 is 9.53 Å². The minimum Gasteiger partial charge on any atom is -0.465 e. The zero-order valence-electron chi connectivity index (χ0n) is 8.14. The van der Waals surface area contributed by atoms with Crippen LogP contribution in [0, 0.1) is 5.41 Å². The number of ketones is 1. The van der Waals surface area contributed by atoms with E-state index >= 15 is 0 Å². The van der Waals surface area contributed by atoms with Crippen molar-refractivity contribution in [2.75, 3.05) is 0 Å². The Kier molecular flexibility index (Phi) is 1.62. The van der Waals surface area contributed by atoms with Crippen LogP contribution in [-0.4, -0.2) is 5.78 Å². The van der Waals surface area contributed by atoms with E-state index in [1.54, 1.807) is 0 Å². The molecule has 1 heterocycles. The molecule has 0 bridgehead atoms. The first kappa shape index (κ1) is 8.54. The smallest absolute Gasteiger partial charge is 0.163 e. The number of carbonyl (C=O) groups is 1. The van der Waals surface area contributed by atoms with Crippen LogP contribution in [-0.2, 0) is 9.53 Å². The summed E-state index contributed by atoms with van der Waals surface area (Å²) in [5, 5.41) is 0. The van der Waals surface area contributed by atoms with Crippen LogP contribution in [0.1, 0.15) is 33.1 Å². The van der Waals surface area contributed by atoms with Crippen LogP contribution in [0.5, 0.6) is 0 Å². The molecule has 2 aliphatic rings. The highest BCUT2D eigenvalue weighted by molar-refractivity contribution is 5.99. The van der Waals surface area contributed by atoms with Gasteiger partial charge in [-0.2, -0.15) is 0 Å². The second-order valence-electron chi connectivity index (χ2n) is 4.23. The predicted molar refractivity (Wildman–Crippen MR) is 49.9 cm³/mol. The molecule has 0 radical (unpaired) electrons. The van der Waals surface area contributed by atoms with Gasteiger partial charge in [0.15, 0.2) is 5.78 Å². The molecule has 0 amide bonds. The maximum atomic E-state index is 11.7. The molecule has 0 aromatic rings. The van der Waals surface area contributed by atoms with Gasteiger partial charge in [0.25, 0.3) is 0 Å². The van der Waals surface area contributed by atoms with Crippen molar-refractivity contribution in [3.8, 4) is 0 Å². The first-order valence-corrected chi connectivity index (χ1v) is 4.67. The number of Topliss-reactive ketones (excluding diaryl/α,β-unsaturated/α-hetero) is 1. The van der Waals surface area contributed by atoms with Gasteiger partial charge in [-0.1, -0.05) is 6.58 Å². The number of carbonyl (C=O) groups excluding carboxylic acids is 1. The van der Waals surface area contributed by atoms with Crippen LogP contribution >= 0.6 is 0 Å². The molecule has 0 N–H and O–H groups in total. The zero-order chi connectivity index (χ0) is 9.64. The fraction of sp³-hybridized carbons (Fsp3) is 0.545. The highest BCUT2D eigenvalue weighted by Gasteiger charge is 2.43. The van der Waals surface area contributed by atoms with Crippen LogP contribution in [0.3, 0.4) is 0 Å². The van der Waals surface area contributed by atoms with Gasteiger partial charge in [0.1, 0.15) is 11.5 Å². The van der Waals surface area contributed by atoms with Crippen LogP contribution in [0.4, 0.5) is 0 Å². The molecule has 2 rings (SSSR count). The lowest BCUT2D eigenvalue weighted by atomic mass is 9.78. The van der Waals surface area contributed by atoms with Gasteiger partial charge in [-0.3, -0.25) is 4.79 Å². The summed E-state index contributed by atoms with van der Waals surface area (Å²) < 4.78 is 5.52. The van der Waals surface area contributed by atoms with Crippen LogP contribution in [0.2, 0.25) is 0 Å². The summed E-state index contributed by atoms with van der Waals surface area (Å²) in [7, 11) is 0. The summed E-state index contributed by atoms with van der Waals surface area (Å²) in [5.74, 6) is 1.82. The monoisotopic (exact) mass is 178 g/mol. The normalized spacial score (nSPS) is 26.0.